The molecule has 1 amide bonds. The zero-order chi connectivity index (χ0) is 20.7. The van der Waals surface area contributed by atoms with Crippen molar-refractivity contribution in [2.75, 3.05) is 5.32 Å². The van der Waals surface area contributed by atoms with E-state index in [0.717, 1.165) is 22.0 Å². The summed E-state index contributed by atoms with van der Waals surface area (Å²) in [5.41, 5.74) is 4.09. The molecule has 6 heteroatoms. The highest BCUT2D eigenvalue weighted by Crippen LogP contribution is 2.25. The third-order valence-electron chi connectivity index (χ3n) is 5.33. The molecule has 5 rings (SSSR count). The van der Waals surface area contributed by atoms with Crippen molar-refractivity contribution in [3.8, 4) is 0 Å². The number of amides is 1. The van der Waals surface area contributed by atoms with E-state index in [1.807, 2.05) is 58.8 Å². The summed E-state index contributed by atoms with van der Waals surface area (Å²) in [6.45, 7) is 0.484. The third-order valence-corrected chi connectivity index (χ3v) is 5.33. The fourth-order valence-electron chi connectivity index (χ4n) is 3.83. The average molecular weight is 398 g/mol. The second-order valence-corrected chi connectivity index (χ2v) is 7.33. The number of carbonyl (C=O) groups is 1. The van der Waals surface area contributed by atoms with E-state index in [1.54, 1.807) is 24.5 Å². The molecule has 0 saturated heterocycles. The summed E-state index contributed by atoms with van der Waals surface area (Å²) in [6, 6.07) is 17.9. The smallest absolute Gasteiger partial charge is 0.272 e. The molecule has 0 radical (unpaired) electrons. The molecular formula is C24H19FN4O. The van der Waals surface area contributed by atoms with E-state index in [9.17, 15) is 9.18 Å². The number of nitrogens with one attached hydrogen (secondary N) is 1. The maximum absolute atomic E-state index is 13.8. The molecular weight excluding hydrogens is 379 g/mol. The van der Waals surface area contributed by atoms with E-state index in [4.69, 9.17) is 0 Å². The second-order valence-electron chi connectivity index (χ2n) is 7.33. The van der Waals surface area contributed by atoms with Crippen LogP contribution >= 0.6 is 0 Å². The minimum Gasteiger partial charge on any atom is -0.351 e. The number of hydrogen-bond acceptors (Lipinski definition) is 2. The van der Waals surface area contributed by atoms with Crippen LogP contribution in [0.25, 0.3) is 21.8 Å². The first kappa shape index (κ1) is 18.1. The molecule has 0 bridgehead atoms. The molecule has 5 nitrogen and oxygen atoms in total. The van der Waals surface area contributed by atoms with Gasteiger partial charge in [-0.05, 0) is 66.2 Å². The monoisotopic (exact) mass is 398 g/mol. The highest BCUT2D eigenvalue weighted by Gasteiger charge is 2.17. The molecule has 0 spiro atoms. The Balaban J connectivity index is 1.54. The van der Waals surface area contributed by atoms with Crippen molar-refractivity contribution >= 4 is 33.4 Å². The first-order valence-corrected chi connectivity index (χ1v) is 9.62. The normalized spacial score (nSPS) is 11.3. The van der Waals surface area contributed by atoms with E-state index in [-0.39, 0.29) is 11.7 Å². The van der Waals surface area contributed by atoms with E-state index >= 15 is 0 Å². The van der Waals surface area contributed by atoms with Gasteiger partial charge < -0.3 is 14.5 Å². The Bertz CT molecular complexity index is 1380. The molecule has 0 fully saturated rings. The van der Waals surface area contributed by atoms with Gasteiger partial charge in [0.25, 0.3) is 5.91 Å². The van der Waals surface area contributed by atoms with Crippen molar-refractivity contribution in [1.29, 1.82) is 0 Å². The largest absolute Gasteiger partial charge is 0.351 e. The summed E-state index contributed by atoms with van der Waals surface area (Å²) in [4.78, 5) is 17.2. The van der Waals surface area contributed by atoms with Gasteiger partial charge in [0, 0.05) is 59.7 Å². The maximum Gasteiger partial charge on any atom is 0.272 e. The predicted molar refractivity (Wildman–Crippen MR) is 116 cm³/mol. The molecule has 0 unspecified atom stereocenters. The molecule has 0 atom stereocenters. The standard InChI is InChI=1S/C24H19FN4O/c1-28-11-8-17-13-20(3-5-21(17)28)27-24(30)23-14-18-12-19(25)2-4-22(18)29(23)15-16-6-9-26-10-7-16/h2-14H,15H2,1H3,(H,27,30). The number of aryl methyl sites for hydroxylation is 1. The van der Waals surface area contributed by atoms with Crippen LogP contribution in [-0.2, 0) is 13.6 Å². The Labute approximate surface area is 172 Å². The van der Waals surface area contributed by atoms with Crippen LogP contribution in [0.1, 0.15) is 16.1 Å². The molecule has 3 aromatic heterocycles. The van der Waals surface area contributed by atoms with E-state index in [1.165, 1.54) is 12.1 Å². The van der Waals surface area contributed by atoms with Gasteiger partial charge in [0.1, 0.15) is 11.5 Å². The van der Waals surface area contributed by atoms with Crippen LogP contribution in [0.2, 0.25) is 0 Å². The fraction of sp³-hybridized carbons (Fsp3) is 0.0833. The Hall–Kier alpha value is -3.93. The number of aromatic nitrogens is 3. The van der Waals surface area contributed by atoms with Crippen LogP contribution in [0.15, 0.2) is 79.3 Å². The lowest BCUT2D eigenvalue weighted by molar-refractivity contribution is 0.101. The van der Waals surface area contributed by atoms with E-state index in [0.29, 0.717) is 23.3 Å². The number of pyridine rings is 1. The van der Waals surface area contributed by atoms with Crippen molar-refractivity contribution in [3.05, 3.63) is 96.3 Å². The zero-order valence-corrected chi connectivity index (χ0v) is 16.3. The van der Waals surface area contributed by atoms with Crippen molar-refractivity contribution in [1.82, 2.24) is 14.1 Å². The van der Waals surface area contributed by atoms with Crippen LogP contribution in [0.4, 0.5) is 10.1 Å². The number of anilines is 1. The molecule has 30 heavy (non-hydrogen) atoms. The predicted octanol–water partition coefficient (Wildman–Crippen LogP) is 4.97. The van der Waals surface area contributed by atoms with Gasteiger partial charge in [0.05, 0.1) is 0 Å². The topological polar surface area (TPSA) is 51.9 Å². The van der Waals surface area contributed by atoms with Crippen LogP contribution < -0.4 is 5.32 Å². The minimum absolute atomic E-state index is 0.240. The third kappa shape index (κ3) is 3.22. The number of fused-ring (bicyclic) bond motifs is 2. The van der Waals surface area contributed by atoms with Gasteiger partial charge in [-0.15, -0.1) is 0 Å². The lowest BCUT2D eigenvalue weighted by Gasteiger charge is -2.12. The SMILES string of the molecule is Cn1ccc2cc(NC(=O)c3cc4cc(F)ccc4n3Cc3ccncc3)ccc21. The molecule has 2 aromatic carbocycles. The molecule has 0 aliphatic carbocycles. The molecule has 0 saturated carbocycles. The van der Waals surface area contributed by atoms with Gasteiger partial charge in [-0.3, -0.25) is 9.78 Å². The summed E-state index contributed by atoms with van der Waals surface area (Å²) in [7, 11) is 1.98. The summed E-state index contributed by atoms with van der Waals surface area (Å²) in [6.07, 6.45) is 5.42. The van der Waals surface area contributed by atoms with Gasteiger partial charge in [-0.2, -0.15) is 0 Å². The number of rotatable bonds is 4. The van der Waals surface area contributed by atoms with E-state index < -0.39 is 0 Å². The molecule has 1 N–H and O–H groups in total. The molecule has 5 aromatic rings. The van der Waals surface area contributed by atoms with Crippen LogP contribution in [-0.4, -0.2) is 20.0 Å². The van der Waals surface area contributed by atoms with Crippen molar-refractivity contribution in [2.45, 2.75) is 6.54 Å². The average Bonchev–Trinajstić information content (AvgIpc) is 3.29. The molecule has 0 aliphatic rings. The fourth-order valence-corrected chi connectivity index (χ4v) is 3.83. The van der Waals surface area contributed by atoms with Crippen LogP contribution in [0.5, 0.6) is 0 Å². The van der Waals surface area contributed by atoms with Gasteiger partial charge in [-0.25, -0.2) is 4.39 Å². The first-order valence-electron chi connectivity index (χ1n) is 9.62. The van der Waals surface area contributed by atoms with Gasteiger partial charge in [0.2, 0.25) is 0 Å². The van der Waals surface area contributed by atoms with Gasteiger partial charge >= 0.3 is 0 Å². The number of nitrogens with zero attached hydrogens (tertiary/aromatic N) is 3. The second kappa shape index (κ2) is 7.15. The highest BCUT2D eigenvalue weighted by atomic mass is 19.1. The van der Waals surface area contributed by atoms with Gasteiger partial charge in [0.15, 0.2) is 0 Å². The summed E-state index contributed by atoms with van der Waals surface area (Å²) < 4.78 is 17.7. The summed E-state index contributed by atoms with van der Waals surface area (Å²) in [5, 5.41) is 4.72. The van der Waals surface area contributed by atoms with Crippen LogP contribution in [0.3, 0.4) is 0 Å². The van der Waals surface area contributed by atoms with Crippen molar-refractivity contribution in [3.63, 3.8) is 0 Å². The van der Waals surface area contributed by atoms with E-state index in [2.05, 4.69) is 10.3 Å². The Morgan fingerprint density at radius 3 is 2.60 bits per heavy atom. The van der Waals surface area contributed by atoms with Crippen molar-refractivity contribution < 1.29 is 9.18 Å². The first-order chi connectivity index (χ1) is 14.6. The quantitative estimate of drug-likeness (QED) is 0.465. The molecule has 0 aliphatic heterocycles. The lowest BCUT2D eigenvalue weighted by Crippen LogP contribution is -2.17. The summed E-state index contributed by atoms with van der Waals surface area (Å²) >= 11 is 0. The maximum atomic E-state index is 13.8. The molecule has 3 heterocycles. The number of hydrogen-bond donors (Lipinski definition) is 1. The summed E-state index contributed by atoms with van der Waals surface area (Å²) in [5.74, 6) is -0.569. The minimum atomic E-state index is -0.329. The Kier molecular flexibility index (Phi) is 4.32. The Morgan fingerprint density at radius 2 is 1.77 bits per heavy atom. The van der Waals surface area contributed by atoms with Gasteiger partial charge in [-0.1, -0.05) is 0 Å². The number of benzene rings is 2. The van der Waals surface area contributed by atoms with Crippen LogP contribution in [0, 0.1) is 5.82 Å². The lowest BCUT2D eigenvalue weighted by atomic mass is 10.2. The molecule has 148 valence electrons. The number of halogens is 1. The zero-order valence-electron chi connectivity index (χ0n) is 16.3. The highest BCUT2D eigenvalue weighted by molar-refractivity contribution is 6.07. The van der Waals surface area contributed by atoms with Crippen molar-refractivity contribution in [2.24, 2.45) is 7.05 Å². The Morgan fingerprint density at radius 1 is 0.967 bits per heavy atom. The number of carbonyl (C=O) groups excluding carboxylic acids is 1.